The highest BCUT2D eigenvalue weighted by molar-refractivity contribution is 6.06. The molecule has 2 nitrogen and oxygen atoms in total. The van der Waals surface area contributed by atoms with Crippen molar-refractivity contribution in [3.8, 4) is 5.75 Å². The Morgan fingerprint density at radius 3 is 1.76 bits per heavy atom. The molecule has 0 saturated carbocycles. The second-order valence-electron chi connectivity index (χ2n) is 7.16. The minimum absolute atomic E-state index is 0.329. The Kier molecular flexibility index (Phi) is 6.56. The Bertz CT molecular complexity index is 1170. The number of aromatic amines is 1. The Hall–Kier alpha value is -3.26. The van der Waals surface area contributed by atoms with Crippen LogP contribution in [0.2, 0.25) is 0 Å². The number of phenols is 1. The largest absolute Gasteiger partial charge is 0.508 e. The van der Waals surface area contributed by atoms with Gasteiger partial charge in [0.1, 0.15) is 5.75 Å². The molecule has 4 aromatic carbocycles. The molecule has 0 spiro atoms. The average molecular weight is 384 g/mol. The van der Waals surface area contributed by atoms with Gasteiger partial charge in [-0.15, -0.1) is 0 Å². The van der Waals surface area contributed by atoms with E-state index in [1.807, 2.05) is 19.9 Å². The Morgan fingerprint density at radius 2 is 1.17 bits per heavy atom. The van der Waals surface area contributed by atoms with Gasteiger partial charge in [0.15, 0.2) is 0 Å². The molecule has 0 aliphatic heterocycles. The summed E-state index contributed by atoms with van der Waals surface area (Å²) in [7, 11) is 0. The lowest BCUT2D eigenvalue weighted by molar-refractivity contribution is 0.476. The van der Waals surface area contributed by atoms with Gasteiger partial charge in [0.25, 0.3) is 0 Å². The van der Waals surface area contributed by atoms with E-state index in [1.54, 1.807) is 12.1 Å². The monoisotopic (exact) mass is 383 g/mol. The summed E-state index contributed by atoms with van der Waals surface area (Å²) in [5, 5.41) is 14.2. The summed E-state index contributed by atoms with van der Waals surface area (Å²) in [5.74, 6) is 0.878. The quantitative estimate of drug-likeness (QED) is 0.302. The number of hydrogen-bond donors (Lipinski definition) is 2. The molecule has 0 atom stereocenters. The highest BCUT2D eigenvalue weighted by atomic mass is 16.3. The number of aromatic nitrogens is 1. The molecule has 0 aliphatic rings. The van der Waals surface area contributed by atoms with Gasteiger partial charge in [-0.2, -0.15) is 0 Å². The number of benzene rings is 4. The third-order valence-electron chi connectivity index (χ3n) is 4.93. The zero-order valence-corrected chi connectivity index (χ0v) is 17.6. The fourth-order valence-corrected chi connectivity index (χ4v) is 3.41. The number of para-hydroxylation sites is 2. The van der Waals surface area contributed by atoms with Crippen molar-refractivity contribution >= 4 is 32.6 Å². The maximum absolute atomic E-state index is 9.31. The Labute approximate surface area is 172 Å². The molecule has 29 heavy (non-hydrogen) atoms. The topological polar surface area (TPSA) is 36.0 Å². The molecule has 148 valence electrons. The van der Waals surface area contributed by atoms with E-state index in [1.165, 1.54) is 32.8 Å². The summed E-state index contributed by atoms with van der Waals surface area (Å²) in [6.45, 7) is 8.36. The van der Waals surface area contributed by atoms with E-state index in [4.69, 9.17) is 0 Å². The van der Waals surface area contributed by atoms with Gasteiger partial charge in [0.2, 0.25) is 0 Å². The number of fused-ring (bicyclic) bond motifs is 4. The van der Waals surface area contributed by atoms with Crippen LogP contribution in [0, 0.1) is 0 Å². The van der Waals surface area contributed by atoms with Crippen molar-refractivity contribution in [2.45, 2.75) is 33.6 Å². The van der Waals surface area contributed by atoms with Crippen molar-refractivity contribution in [3.63, 3.8) is 0 Å². The maximum atomic E-state index is 9.31. The van der Waals surface area contributed by atoms with Gasteiger partial charge in [-0.25, -0.2) is 0 Å². The van der Waals surface area contributed by atoms with Crippen LogP contribution in [0.15, 0.2) is 84.9 Å². The van der Waals surface area contributed by atoms with E-state index in [-0.39, 0.29) is 0 Å². The van der Waals surface area contributed by atoms with Crippen LogP contribution in [-0.2, 0) is 0 Å². The molecule has 0 radical (unpaired) electrons. The van der Waals surface area contributed by atoms with Gasteiger partial charge in [-0.3, -0.25) is 0 Å². The minimum atomic E-state index is 0.329. The van der Waals surface area contributed by atoms with Gasteiger partial charge >= 0.3 is 0 Å². The molecule has 0 saturated heterocycles. The first kappa shape index (κ1) is 20.5. The second-order valence-corrected chi connectivity index (χ2v) is 7.16. The zero-order chi connectivity index (χ0) is 20.8. The van der Waals surface area contributed by atoms with Crippen molar-refractivity contribution in [1.29, 1.82) is 0 Å². The van der Waals surface area contributed by atoms with Crippen molar-refractivity contribution in [2.75, 3.05) is 0 Å². The number of phenolic OH excluding ortho intramolecular Hbond substituents is 1. The normalized spacial score (nSPS) is 10.5. The molecule has 2 N–H and O–H groups in total. The number of hydrogen-bond acceptors (Lipinski definition) is 1. The van der Waals surface area contributed by atoms with Crippen molar-refractivity contribution in [3.05, 3.63) is 90.5 Å². The van der Waals surface area contributed by atoms with Crippen LogP contribution in [0.25, 0.3) is 32.6 Å². The molecule has 0 aliphatic carbocycles. The summed E-state index contributed by atoms with van der Waals surface area (Å²) in [6, 6.07) is 28.6. The molecule has 0 bridgehead atoms. The summed E-state index contributed by atoms with van der Waals surface area (Å²) < 4.78 is 0. The highest BCUT2D eigenvalue weighted by Gasteiger charge is 2.01. The van der Waals surface area contributed by atoms with Gasteiger partial charge in [-0.05, 0) is 46.5 Å². The lowest BCUT2D eigenvalue weighted by atomic mass is 9.99. The van der Waals surface area contributed by atoms with Gasteiger partial charge in [-0.1, -0.05) is 88.4 Å². The summed E-state index contributed by atoms with van der Waals surface area (Å²) in [5.41, 5.74) is 3.76. The fourth-order valence-electron chi connectivity index (χ4n) is 3.41. The van der Waals surface area contributed by atoms with E-state index in [0.717, 1.165) is 5.39 Å². The molecule has 5 rings (SSSR count). The zero-order valence-electron chi connectivity index (χ0n) is 17.6. The van der Waals surface area contributed by atoms with E-state index in [9.17, 15) is 5.11 Å². The smallest absolute Gasteiger partial charge is 0.116 e. The molecule has 2 heteroatoms. The van der Waals surface area contributed by atoms with Crippen LogP contribution < -0.4 is 0 Å². The third-order valence-corrected chi connectivity index (χ3v) is 4.93. The first-order chi connectivity index (χ1) is 14.1. The lowest BCUT2D eigenvalue weighted by Gasteiger charge is -2.06. The molecule has 1 heterocycles. The molecule has 0 fully saturated rings. The van der Waals surface area contributed by atoms with Crippen LogP contribution in [0.5, 0.6) is 5.75 Å². The molecule has 5 aromatic rings. The van der Waals surface area contributed by atoms with Crippen molar-refractivity contribution in [1.82, 2.24) is 4.98 Å². The van der Waals surface area contributed by atoms with Crippen molar-refractivity contribution < 1.29 is 5.11 Å². The molecule has 0 unspecified atom stereocenters. The highest BCUT2D eigenvalue weighted by Crippen LogP contribution is 2.25. The number of H-pyrrole nitrogens is 1. The minimum Gasteiger partial charge on any atom is -0.508 e. The predicted octanol–water partition coefficient (Wildman–Crippen LogP) is 8.02. The first-order valence-electron chi connectivity index (χ1n) is 10.3. The van der Waals surface area contributed by atoms with Crippen molar-refractivity contribution in [2.24, 2.45) is 0 Å². The standard InChI is InChI=1S/C13H14O.C12H9N.C2H6/c1-9(2)10-3-4-12-8-13(14)6-5-11(12)7-10;1-3-7-11-9(5-1)10-6-2-4-8-12(10)13-11;1-2/h3-9,14H,1-2H3;1-8,13H;1-2H3. The van der Waals surface area contributed by atoms with Gasteiger partial charge < -0.3 is 10.1 Å². The molecular weight excluding hydrogens is 354 g/mol. The molecule has 1 aromatic heterocycles. The Morgan fingerprint density at radius 1 is 0.655 bits per heavy atom. The second kappa shape index (κ2) is 9.29. The molecule has 0 amide bonds. The number of rotatable bonds is 1. The summed E-state index contributed by atoms with van der Waals surface area (Å²) in [4.78, 5) is 3.38. The number of aromatic hydroxyl groups is 1. The van der Waals surface area contributed by atoms with E-state index < -0.39 is 0 Å². The first-order valence-corrected chi connectivity index (χ1v) is 10.3. The summed E-state index contributed by atoms with van der Waals surface area (Å²) in [6.07, 6.45) is 0. The van der Waals surface area contributed by atoms with Gasteiger partial charge in [0.05, 0.1) is 0 Å². The van der Waals surface area contributed by atoms with Crippen LogP contribution in [0.4, 0.5) is 0 Å². The SMILES string of the molecule is CC.CC(C)c1ccc2cc(O)ccc2c1.c1ccc2c(c1)[nH]c1ccccc12. The fraction of sp³-hybridized carbons (Fsp3) is 0.185. The Balaban J connectivity index is 0.000000153. The van der Waals surface area contributed by atoms with E-state index >= 15 is 0 Å². The van der Waals surface area contributed by atoms with Crippen LogP contribution in [-0.4, -0.2) is 10.1 Å². The lowest BCUT2D eigenvalue weighted by Crippen LogP contribution is -1.86. The van der Waals surface area contributed by atoms with Crippen LogP contribution >= 0.6 is 0 Å². The third kappa shape index (κ3) is 4.60. The number of nitrogens with one attached hydrogen (secondary N) is 1. The summed E-state index contributed by atoms with van der Waals surface area (Å²) >= 11 is 0. The predicted molar refractivity (Wildman–Crippen MR) is 127 cm³/mol. The van der Waals surface area contributed by atoms with Gasteiger partial charge in [0, 0.05) is 21.8 Å². The molecular formula is C27H29NO. The van der Waals surface area contributed by atoms with E-state index in [0.29, 0.717) is 11.7 Å². The van der Waals surface area contributed by atoms with Crippen LogP contribution in [0.3, 0.4) is 0 Å². The average Bonchev–Trinajstić information content (AvgIpc) is 3.14. The maximum Gasteiger partial charge on any atom is 0.116 e. The van der Waals surface area contributed by atoms with Crippen LogP contribution in [0.1, 0.15) is 39.2 Å². The van der Waals surface area contributed by atoms with E-state index in [2.05, 4.69) is 85.6 Å².